The second kappa shape index (κ2) is 4.86. The monoisotopic (exact) mass is 214 g/mol. The number of allylic oxidation sites excluding steroid dienone is 2. The SMILES string of the molecule is C/C=C1/CCCCC1(C)Cc1ccccc1. The molecule has 16 heavy (non-hydrogen) atoms. The van der Waals surface area contributed by atoms with Crippen LogP contribution >= 0.6 is 0 Å². The maximum Gasteiger partial charge on any atom is -0.00761 e. The topological polar surface area (TPSA) is 0 Å². The fourth-order valence-electron chi connectivity index (χ4n) is 3.03. The minimum absolute atomic E-state index is 0.411. The van der Waals surface area contributed by atoms with E-state index in [1.54, 1.807) is 5.57 Å². The first-order valence-corrected chi connectivity index (χ1v) is 6.44. The van der Waals surface area contributed by atoms with Gasteiger partial charge in [0.15, 0.2) is 0 Å². The van der Waals surface area contributed by atoms with Crippen LogP contribution in [0.3, 0.4) is 0 Å². The summed E-state index contributed by atoms with van der Waals surface area (Å²) >= 11 is 0. The Morgan fingerprint density at radius 1 is 1.19 bits per heavy atom. The maximum atomic E-state index is 2.44. The average molecular weight is 214 g/mol. The molecule has 1 aromatic rings. The van der Waals surface area contributed by atoms with Gasteiger partial charge < -0.3 is 0 Å². The van der Waals surface area contributed by atoms with Gasteiger partial charge in [-0.3, -0.25) is 0 Å². The fourth-order valence-corrected chi connectivity index (χ4v) is 3.03. The molecule has 1 saturated carbocycles. The van der Waals surface area contributed by atoms with Crippen LogP contribution in [0.25, 0.3) is 0 Å². The van der Waals surface area contributed by atoms with Gasteiger partial charge in [0.25, 0.3) is 0 Å². The molecular formula is C16H22. The van der Waals surface area contributed by atoms with E-state index in [-0.39, 0.29) is 0 Å². The molecular weight excluding hydrogens is 192 g/mol. The molecule has 0 bridgehead atoms. The first-order valence-electron chi connectivity index (χ1n) is 6.44. The summed E-state index contributed by atoms with van der Waals surface area (Å²) < 4.78 is 0. The molecule has 0 heteroatoms. The third-order valence-corrected chi connectivity index (χ3v) is 3.99. The zero-order valence-corrected chi connectivity index (χ0v) is 10.5. The fraction of sp³-hybridized carbons (Fsp3) is 0.500. The van der Waals surface area contributed by atoms with Crippen LogP contribution in [0.2, 0.25) is 0 Å². The smallest absolute Gasteiger partial charge is 0.00761 e. The third kappa shape index (κ3) is 2.37. The van der Waals surface area contributed by atoms with Crippen LogP contribution in [0.5, 0.6) is 0 Å². The molecule has 0 heterocycles. The molecule has 1 fully saturated rings. The highest BCUT2D eigenvalue weighted by Gasteiger charge is 2.30. The average Bonchev–Trinajstić information content (AvgIpc) is 2.30. The summed E-state index contributed by atoms with van der Waals surface area (Å²) in [7, 11) is 0. The van der Waals surface area contributed by atoms with Crippen LogP contribution in [0.15, 0.2) is 42.0 Å². The molecule has 1 aliphatic carbocycles. The Morgan fingerprint density at radius 2 is 1.94 bits per heavy atom. The highest BCUT2D eigenvalue weighted by molar-refractivity contribution is 5.23. The lowest BCUT2D eigenvalue weighted by atomic mass is 9.68. The zero-order valence-electron chi connectivity index (χ0n) is 10.5. The summed E-state index contributed by atoms with van der Waals surface area (Å²) in [6.07, 6.45) is 8.97. The van der Waals surface area contributed by atoms with Crippen molar-refractivity contribution >= 4 is 0 Å². The molecule has 2 rings (SSSR count). The molecule has 0 saturated heterocycles. The Hall–Kier alpha value is -1.04. The summed E-state index contributed by atoms with van der Waals surface area (Å²) in [5.41, 5.74) is 3.56. The first kappa shape index (κ1) is 11.4. The van der Waals surface area contributed by atoms with Gasteiger partial charge >= 0.3 is 0 Å². The van der Waals surface area contributed by atoms with Crippen molar-refractivity contribution in [3.63, 3.8) is 0 Å². The molecule has 0 spiro atoms. The Morgan fingerprint density at radius 3 is 2.62 bits per heavy atom. The van der Waals surface area contributed by atoms with Crippen LogP contribution in [-0.4, -0.2) is 0 Å². The standard InChI is InChI=1S/C16H22/c1-3-15-11-7-8-12-16(15,2)13-14-9-5-4-6-10-14/h3-6,9-10H,7-8,11-13H2,1-2H3/b15-3-. The lowest BCUT2D eigenvalue weighted by molar-refractivity contribution is 0.301. The molecule has 0 radical (unpaired) electrons. The summed E-state index contributed by atoms with van der Waals surface area (Å²) in [6.45, 7) is 4.64. The quantitative estimate of drug-likeness (QED) is 0.623. The molecule has 86 valence electrons. The lowest BCUT2D eigenvalue weighted by Gasteiger charge is -2.37. The van der Waals surface area contributed by atoms with E-state index < -0.39 is 0 Å². The van der Waals surface area contributed by atoms with Gasteiger partial charge in [0.05, 0.1) is 0 Å². The van der Waals surface area contributed by atoms with Crippen molar-refractivity contribution in [2.75, 3.05) is 0 Å². The van der Waals surface area contributed by atoms with Crippen LogP contribution in [0.1, 0.15) is 45.1 Å². The number of hydrogen-bond donors (Lipinski definition) is 0. The van der Waals surface area contributed by atoms with Crippen molar-refractivity contribution < 1.29 is 0 Å². The maximum absolute atomic E-state index is 2.44. The lowest BCUT2D eigenvalue weighted by Crippen LogP contribution is -2.25. The van der Waals surface area contributed by atoms with E-state index in [1.807, 2.05) is 0 Å². The van der Waals surface area contributed by atoms with Gasteiger partial charge in [0.2, 0.25) is 0 Å². The molecule has 1 unspecified atom stereocenters. The van der Waals surface area contributed by atoms with Gasteiger partial charge in [-0.2, -0.15) is 0 Å². The molecule has 0 amide bonds. The Bertz CT molecular complexity index is 361. The van der Waals surface area contributed by atoms with E-state index in [4.69, 9.17) is 0 Å². The second-order valence-electron chi connectivity index (χ2n) is 5.24. The number of rotatable bonds is 2. The third-order valence-electron chi connectivity index (χ3n) is 3.99. The van der Waals surface area contributed by atoms with Gasteiger partial charge in [-0.1, -0.05) is 55.3 Å². The van der Waals surface area contributed by atoms with Crippen LogP contribution < -0.4 is 0 Å². The molecule has 0 aromatic heterocycles. The highest BCUT2D eigenvalue weighted by atomic mass is 14.3. The van der Waals surface area contributed by atoms with Crippen LogP contribution in [0.4, 0.5) is 0 Å². The predicted molar refractivity (Wildman–Crippen MR) is 70.5 cm³/mol. The molecule has 0 aliphatic heterocycles. The van der Waals surface area contributed by atoms with Crippen molar-refractivity contribution in [2.45, 2.75) is 46.0 Å². The van der Waals surface area contributed by atoms with E-state index in [0.717, 1.165) is 0 Å². The Balaban J connectivity index is 2.18. The molecule has 1 atom stereocenters. The summed E-state index contributed by atoms with van der Waals surface area (Å²) in [5, 5.41) is 0. The van der Waals surface area contributed by atoms with Crippen LogP contribution in [0, 0.1) is 5.41 Å². The summed E-state index contributed by atoms with van der Waals surface area (Å²) in [5.74, 6) is 0. The number of benzene rings is 1. The molecule has 1 aliphatic rings. The summed E-state index contributed by atoms with van der Waals surface area (Å²) in [6, 6.07) is 10.9. The van der Waals surface area contributed by atoms with E-state index in [2.05, 4.69) is 50.3 Å². The Kier molecular flexibility index (Phi) is 3.48. The van der Waals surface area contributed by atoms with Crippen molar-refractivity contribution in [2.24, 2.45) is 5.41 Å². The van der Waals surface area contributed by atoms with Gasteiger partial charge in [0, 0.05) is 0 Å². The molecule has 0 N–H and O–H groups in total. The Labute approximate surface area is 99.4 Å². The molecule has 1 aromatic carbocycles. The van der Waals surface area contributed by atoms with Crippen molar-refractivity contribution in [1.82, 2.24) is 0 Å². The predicted octanol–water partition coefficient (Wildman–Crippen LogP) is 4.76. The van der Waals surface area contributed by atoms with Crippen molar-refractivity contribution in [3.05, 3.63) is 47.5 Å². The number of hydrogen-bond acceptors (Lipinski definition) is 0. The molecule has 0 nitrogen and oxygen atoms in total. The normalized spacial score (nSPS) is 28.2. The van der Waals surface area contributed by atoms with Gasteiger partial charge in [-0.05, 0) is 43.6 Å². The van der Waals surface area contributed by atoms with E-state index >= 15 is 0 Å². The van der Waals surface area contributed by atoms with E-state index in [0.29, 0.717) is 5.41 Å². The highest BCUT2D eigenvalue weighted by Crippen LogP contribution is 2.42. The summed E-state index contributed by atoms with van der Waals surface area (Å²) in [4.78, 5) is 0. The van der Waals surface area contributed by atoms with E-state index in [1.165, 1.54) is 37.7 Å². The van der Waals surface area contributed by atoms with E-state index in [9.17, 15) is 0 Å². The first-order chi connectivity index (χ1) is 7.74. The van der Waals surface area contributed by atoms with Crippen molar-refractivity contribution in [3.8, 4) is 0 Å². The minimum Gasteiger partial charge on any atom is -0.0879 e. The largest absolute Gasteiger partial charge is 0.0879 e. The van der Waals surface area contributed by atoms with Gasteiger partial charge in [0.1, 0.15) is 0 Å². The van der Waals surface area contributed by atoms with Gasteiger partial charge in [-0.15, -0.1) is 0 Å². The van der Waals surface area contributed by atoms with Gasteiger partial charge in [-0.25, -0.2) is 0 Å². The zero-order chi connectivity index (χ0) is 11.4. The second-order valence-corrected chi connectivity index (χ2v) is 5.24. The van der Waals surface area contributed by atoms with Crippen LogP contribution in [-0.2, 0) is 6.42 Å². The minimum atomic E-state index is 0.411. The van der Waals surface area contributed by atoms with Crippen molar-refractivity contribution in [1.29, 1.82) is 0 Å².